The summed E-state index contributed by atoms with van der Waals surface area (Å²) >= 11 is 0. The molecule has 0 aliphatic rings. The van der Waals surface area contributed by atoms with Crippen LogP contribution in [0.25, 0.3) is 0 Å². The van der Waals surface area contributed by atoms with E-state index in [0.717, 1.165) is 19.3 Å². The zero-order valence-electron chi connectivity index (χ0n) is 8.21. The van der Waals surface area contributed by atoms with Gasteiger partial charge >= 0.3 is 0 Å². The molecule has 0 unspecified atom stereocenters. The van der Waals surface area contributed by atoms with Crippen LogP contribution in [0.5, 0.6) is 0 Å². The minimum Gasteiger partial charge on any atom is -0.349 e. The van der Waals surface area contributed by atoms with E-state index in [2.05, 4.69) is 20.1 Å². The van der Waals surface area contributed by atoms with Gasteiger partial charge in [-0.15, -0.1) is 13.2 Å². The zero-order chi connectivity index (χ0) is 9.94. The van der Waals surface area contributed by atoms with E-state index in [4.69, 9.17) is 9.47 Å². The first-order chi connectivity index (χ1) is 6.35. The first-order valence-electron chi connectivity index (χ1n) is 4.59. The molecule has 0 amide bonds. The predicted molar refractivity (Wildman–Crippen MR) is 55.3 cm³/mol. The van der Waals surface area contributed by atoms with E-state index in [0.29, 0.717) is 13.2 Å². The van der Waals surface area contributed by atoms with Gasteiger partial charge in [0.15, 0.2) is 6.29 Å². The van der Waals surface area contributed by atoms with Gasteiger partial charge in [-0.05, 0) is 12.8 Å². The van der Waals surface area contributed by atoms with Gasteiger partial charge in [0, 0.05) is 0 Å². The Morgan fingerprint density at radius 2 is 1.62 bits per heavy atom. The molecule has 0 saturated heterocycles. The SMILES string of the molecule is [CH2]CCCC(OCC=C)OCC=C. The molecule has 0 aliphatic heterocycles. The summed E-state index contributed by atoms with van der Waals surface area (Å²) in [5.74, 6) is 0. The highest BCUT2D eigenvalue weighted by Crippen LogP contribution is 2.06. The van der Waals surface area contributed by atoms with Gasteiger partial charge in [0.1, 0.15) is 0 Å². The number of hydrogen-bond acceptors (Lipinski definition) is 2. The summed E-state index contributed by atoms with van der Waals surface area (Å²) in [6, 6.07) is 0. The highest BCUT2D eigenvalue weighted by molar-refractivity contribution is 4.67. The van der Waals surface area contributed by atoms with Crippen molar-refractivity contribution in [1.82, 2.24) is 0 Å². The number of hydrogen-bond donors (Lipinski definition) is 0. The summed E-state index contributed by atoms with van der Waals surface area (Å²) in [6.07, 6.45) is 6.09. The van der Waals surface area contributed by atoms with Crippen molar-refractivity contribution in [3.63, 3.8) is 0 Å². The van der Waals surface area contributed by atoms with Gasteiger partial charge in [-0.2, -0.15) is 0 Å². The van der Waals surface area contributed by atoms with E-state index < -0.39 is 0 Å². The van der Waals surface area contributed by atoms with Crippen LogP contribution in [-0.2, 0) is 9.47 Å². The molecular weight excluding hydrogens is 164 g/mol. The van der Waals surface area contributed by atoms with Crippen molar-refractivity contribution < 1.29 is 9.47 Å². The highest BCUT2D eigenvalue weighted by Gasteiger charge is 2.06. The lowest BCUT2D eigenvalue weighted by atomic mass is 10.2. The minimum atomic E-state index is -0.141. The molecule has 0 bridgehead atoms. The first-order valence-corrected chi connectivity index (χ1v) is 4.59. The van der Waals surface area contributed by atoms with Crippen LogP contribution >= 0.6 is 0 Å². The Morgan fingerprint density at radius 1 is 1.08 bits per heavy atom. The molecule has 0 saturated carbocycles. The Morgan fingerprint density at radius 3 is 2.00 bits per heavy atom. The molecular formula is C11H19O2. The van der Waals surface area contributed by atoms with Crippen LogP contribution in [0.3, 0.4) is 0 Å². The van der Waals surface area contributed by atoms with E-state index in [1.165, 1.54) is 0 Å². The lowest BCUT2D eigenvalue weighted by molar-refractivity contribution is -0.131. The number of rotatable bonds is 9. The summed E-state index contributed by atoms with van der Waals surface area (Å²) in [7, 11) is 0. The molecule has 0 aromatic carbocycles. The molecule has 0 heterocycles. The van der Waals surface area contributed by atoms with Crippen LogP contribution in [0.1, 0.15) is 19.3 Å². The topological polar surface area (TPSA) is 18.5 Å². The largest absolute Gasteiger partial charge is 0.349 e. The van der Waals surface area contributed by atoms with Gasteiger partial charge in [0.25, 0.3) is 0 Å². The maximum Gasteiger partial charge on any atom is 0.158 e. The van der Waals surface area contributed by atoms with Crippen LogP contribution < -0.4 is 0 Å². The van der Waals surface area contributed by atoms with E-state index >= 15 is 0 Å². The van der Waals surface area contributed by atoms with Crippen molar-refractivity contribution in [2.75, 3.05) is 13.2 Å². The van der Waals surface area contributed by atoms with Gasteiger partial charge < -0.3 is 9.47 Å². The maximum atomic E-state index is 5.38. The van der Waals surface area contributed by atoms with E-state index in [-0.39, 0.29) is 6.29 Å². The molecule has 0 N–H and O–H groups in total. The first kappa shape index (κ1) is 12.4. The van der Waals surface area contributed by atoms with Crippen molar-refractivity contribution in [3.8, 4) is 0 Å². The fourth-order valence-corrected chi connectivity index (χ4v) is 0.877. The van der Waals surface area contributed by atoms with Gasteiger partial charge in [0.05, 0.1) is 13.2 Å². The summed E-state index contributed by atoms with van der Waals surface area (Å²) in [6.45, 7) is 12.0. The Balaban J connectivity index is 3.58. The molecule has 0 aromatic rings. The Bertz CT molecular complexity index is 120. The standard InChI is InChI=1S/C11H19O2/c1-4-7-8-11(12-9-5-2)13-10-6-3/h5-6,11H,1-4,7-10H2. The molecule has 0 rings (SSSR count). The zero-order valence-corrected chi connectivity index (χ0v) is 8.21. The minimum absolute atomic E-state index is 0.141. The van der Waals surface area contributed by atoms with E-state index in [1.54, 1.807) is 12.2 Å². The predicted octanol–water partition coefficient (Wildman–Crippen LogP) is 2.72. The Hall–Kier alpha value is -0.600. The van der Waals surface area contributed by atoms with Crippen LogP contribution in [0.4, 0.5) is 0 Å². The lowest BCUT2D eigenvalue weighted by Gasteiger charge is -2.16. The Labute approximate surface area is 81.2 Å². The van der Waals surface area contributed by atoms with Crippen molar-refractivity contribution in [1.29, 1.82) is 0 Å². The third kappa shape index (κ3) is 7.75. The summed E-state index contributed by atoms with van der Waals surface area (Å²) in [5, 5.41) is 0. The second kappa shape index (κ2) is 9.49. The van der Waals surface area contributed by atoms with Gasteiger partial charge in [-0.3, -0.25) is 0 Å². The van der Waals surface area contributed by atoms with Crippen LogP contribution in [0.15, 0.2) is 25.3 Å². The van der Waals surface area contributed by atoms with Crippen molar-refractivity contribution >= 4 is 0 Å². The highest BCUT2D eigenvalue weighted by atomic mass is 16.7. The fraction of sp³-hybridized carbons (Fsp3) is 0.545. The lowest BCUT2D eigenvalue weighted by Crippen LogP contribution is -2.17. The van der Waals surface area contributed by atoms with Crippen molar-refractivity contribution in [3.05, 3.63) is 32.2 Å². The third-order valence-electron chi connectivity index (χ3n) is 1.49. The van der Waals surface area contributed by atoms with Gasteiger partial charge in [-0.1, -0.05) is 25.5 Å². The quantitative estimate of drug-likeness (QED) is 0.404. The third-order valence-corrected chi connectivity index (χ3v) is 1.49. The molecule has 2 heteroatoms. The molecule has 13 heavy (non-hydrogen) atoms. The summed E-state index contributed by atoms with van der Waals surface area (Å²) < 4.78 is 10.8. The average molecular weight is 183 g/mol. The molecule has 0 fully saturated rings. The molecule has 0 atom stereocenters. The number of ether oxygens (including phenoxy) is 2. The maximum absolute atomic E-state index is 5.38. The summed E-state index contributed by atoms with van der Waals surface area (Å²) in [4.78, 5) is 0. The number of unbranched alkanes of at least 4 members (excludes halogenated alkanes) is 1. The molecule has 0 spiro atoms. The van der Waals surface area contributed by atoms with E-state index in [1.807, 2.05) is 0 Å². The average Bonchev–Trinajstić information content (AvgIpc) is 2.17. The van der Waals surface area contributed by atoms with Crippen molar-refractivity contribution in [2.45, 2.75) is 25.6 Å². The van der Waals surface area contributed by atoms with Crippen LogP contribution in [0, 0.1) is 6.92 Å². The van der Waals surface area contributed by atoms with Gasteiger partial charge in [-0.25, -0.2) is 0 Å². The van der Waals surface area contributed by atoms with Crippen molar-refractivity contribution in [2.24, 2.45) is 0 Å². The second-order valence-corrected chi connectivity index (χ2v) is 2.67. The van der Waals surface area contributed by atoms with E-state index in [9.17, 15) is 0 Å². The smallest absolute Gasteiger partial charge is 0.158 e. The summed E-state index contributed by atoms with van der Waals surface area (Å²) in [5.41, 5.74) is 0. The monoisotopic (exact) mass is 183 g/mol. The Kier molecular flexibility index (Phi) is 9.05. The van der Waals surface area contributed by atoms with Gasteiger partial charge in [0.2, 0.25) is 0 Å². The molecule has 75 valence electrons. The molecule has 2 nitrogen and oxygen atoms in total. The molecule has 0 aliphatic carbocycles. The fourth-order valence-electron chi connectivity index (χ4n) is 0.877. The molecule has 1 radical (unpaired) electrons. The van der Waals surface area contributed by atoms with Crippen LogP contribution in [-0.4, -0.2) is 19.5 Å². The normalized spacial score (nSPS) is 10.3. The molecule has 0 aromatic heterocycles. The second-order valence-electron chi connectivity index (χ2n) is 2.67. The van der Waals surface area contributed by atoms with Crippen LogP contribution in [0.2, 0.25) is 0 Å².